The van der Waals surface area contributed by atoms with Crippen molar-refractivity contribution in [1.82, 2.24) is 30.0 Å². The lowest BCUT2D eigenvalue weighted by Gasteiger charge is -2.36. The van der Waals surface area contributed by atoms with Gasteiger partial charge in [0.25, 0.3) is 0 Å². The Labute approximate surface area is 207 Å². The normalized spacial score (nSPS) is 20.2. The number of amides is 1. The Kier molecular flexibility index (Phi) is 5.75. The summed E-state index contributed by atoms with van der Waals surface area (Å²) in [5, 5.41) is 11.3. The van der Waals surface area contributed by atoms with Crippen LogP contribution in [0.25, 0.3) is 5.69 Å². The first-order chi connectivity index (χ1) is 17.5. The molecule has 0 N–H and O–H groups in total. The van der Waals surface area contributed by atoms with Crippen LogP contribution in [0.1, 0.15) is 56.7 Å². The van der Waals surface area contributed by atoms with Crippen LogP contribution < -0.4 is 0 Å². The van der Waals surface area contributed by atoms with E-state index in [0.29, 0.717) is 37.3 Å². The number of cyclic esters (lactones) is 1. The van der Waals surface area contributed by atoms with Crippen LogP contribution in [0.3, 0.4) is 0 Å². The summed E-state index contributed by atoms with van der Waals surface area (Å²) in [5.41, 5.74) is 5.86. The molecular weight excluding hydrogens is 463 g/mol. The number of aryl methyl sites for hydroxylation is 1. The smallest absolute Gasteiger partial charge is 0.338 e. The number of ether oxygens (including phenoxy) is 1. The van der Waals surface area contributed by atoms with Crippen molar-refractivity contribution in [3.05, 3.63) is 70.0 Å². The van der Waals surface area contributed by atoms with Gasteiger partial charge in [0, 0.05) is 38.3 Å². The minimum Gasteiger partial charge on any atom is -0.457 e. The van der Waals surface area contributed by atoms with Crippen molar-refractivity contribution in [2.75, 3.05) is 32.7 Å². The number of alkyl halides is 1. The number of halogens is 1. The topological polar surface area (TPSA) is 93.5 Å². The van der Waals surface area contributed by atoms with E-state index < -0.39 is 6.17 Å². The number of aromatic nitrogens is 4. The average Bonchev–Trinajstić information content (AvgIpc) is 3.64. The summed E-state index contributed by atoms with van der Waals surface area (Å²) in [6.07, 6.45) is 2.04. The monoisotopic (exact) mass is 490 g/mol. The third-order valence-corrected chi connectivity index (χ3v) is 7.76. The molecule has 3 heterocycles. The minimum absolute atomic E-state index is 0.137. The predicted octanol–water partition coefficient (Wildman–Crippen LogP) is 2.53. The lowest BCUT2D eigenvalue weighted by Crippen LogP contribution is -2.50. The Bertz CT molecular complexity index is 1320. The van der Waals surface area contributed by atoms with Gasteiger partial charge in [-0.3, -0.25) is 9.69 Å². The van der Waals surface area contributed by atoms with Crippen LogP contribution in [-0.2, 0) is 22.6 Å². The van der Waals surface area contributed by atoms with Crippen molar-refractivity contribution < 1.29 is 18.7 Å². The van der Waals surface area contributed by atoms with Gasteiger partial charge < -0.3 is 9.64 Å². The Morgan fingerprint density at radius 3 is 2.81 bits per heavy atom. The number of benzene rings is 2. The number of carbonyl (C=O) groups is 2. The van der Waals surface area contributed by atoms with Crippen LogP contribution in [0.4, 0.5) is 4.39 Å². The Morgan fingerprint density at radius 2 is 2.03 bits per heavy atom. The highest BCUT2D eigenvalue weighted by Crippen LogP contribution is 2.36. The Morgan fingerprint density at radius 1 is 1.19 bits per heavy atom. The molecule has 186 valence electrons. The SMILES string of the molecule is Cc1c(C(F)CN2CCN(C(=O)C3CCc4cc(-n5cnnn5)ccc43)CC2)ccc2c1COC2=O. The van der Waals surface area contributed by atoms with E-state index in [4.69, 9.17) is 4.74 Å². The van der Waals surface area contributed by atoms with Crippen molar-refractivity contribution in [3.8, 4) is 5.69 Å². The second-order valence-electron chi connectivity index (χ2n) is 9.70. The quantitative estimate of drug-likeness (QED) is 0.508. The number of esters is 1. The number of tetrazole rings is 1. The van der Waals surface area contributed by atoms with E-state index in [-0.39, 0.29) is 30.9 Å². The van der Waals surface area contributed by atoms with Gasteiger partial charge in [0.05, 0.1) is 17.2 Å². The van der Waals surface area contributed by atoms with E-state index in [1.54, 1.807) is 23.1 Å². The molecule has 10 heteroatoms. The molecule has 3 aromatic rings. The molecule has 2 aromatic carbocycles. The van der Waals surface area contributed by atoms with Gasteiger partial charge in [-0.05, 0) is 70.6 Å². The molecule has 0 saturated carbocycles. The second kappa shape index (κ2) is 9.09. The first-order valence-corrected chi connectivity index (χ1v) is 12.3. The minimum atomic E-state index is -1.16. The van der Waals surface area contributed by atoms with Crippen LogP contribution >= 0.6 is 0 Å². The van der Waals surface area contributed by atoms with Gasteiger partial charge in [0.15, 0.2) is 0 Å². The van der Waals surface area contributed by atoms with Gasteiger partial charge in [-0.2, -0.15) is 0 Å². The van der Waals surface area contributed by atoms with E-state index in [1.165, 1.54) is 0 Å². The standard InChI is InChI=1S/C26H27FN6O3/c1-16-19(6-7-22-23(16)14-36-26(22)35)24(27)13-31-8-10-32(11-9-31)25(34)21-4-2-17-12-18(3-5-20(17)21)33-15-28-29-30-33/h3,5-7,12,15,21,24H,2,4,8-11,13-14H2,1H3. The number of nitrogens with zero attached hydrogens (tertiary/aromatic N) is 6. The summed E-state index contributed by atoms with van der Waals surface area (Å²) >= 11 is 0. The van der Waals surface area contributed by atoms with E-state index >= 15 is 4.39 Å². The van der Waals surface area contributed by atoms with Crippen LogP contribution in [0.2, 0.25) is 0 Å². The Balaban J connectivity index is 1.07. The molecule has 2 atom stereocenters. The van der Waals surface area contributed by atoms with Crippen molar-refractivity contribution in [2.45, 2.75) is 38.5 Å². The van der Waals surface area contributed by atoms with Gasteiger partial charge in [-0.1, -0.05) is 12.1 Å². The largest absolute Gasteiger partial charge is 0.457 e. The van der Waals surface area contributed by atoms with Crippen LogP contribution in [0.15, 0.2) is 36.7 Å². The van der Waals surface area contributed by atoms with Gasteiger partial charge in [0.2, 0.25) is 5.91 Å². The third-order valence-electron chi connectivity index (χ3n) is 7.76. The number of hydrogen-bond acceptors (Lipinski definition) is 7. The number of hydrogen-bond donors (Lipinski definition) is 0. The molecule has 3 aliphatic rings. The first-order valence-electron chi connectivity index (χ1n) is 12.3. The number of rotatable bonds is 5. The molecule has 1 fully saturated rings. The summed E-state index contributed by atoms with van der Waals surface area (Å²) in [7, 11) is 0. The highest BCUT2D eigenvalue weighted by atomic mass is 19.1. The van der Waals surface area contributed by atoms with E-state index in [9.17, 15) is 9.59 Å². The highest BCUT2D eigenvalue weighted by molar-refractivity contribution is 5.94. The van der Waals surface area contributed by atoms with Gasteiger partial charge in [0.1, 0.15) is 19.1 Å². The summed E-state index contributed by atoms with van der Waals surface area (Å²) in [6.45, 7) is 4.78. The zero-order valence-corrected chi connectivity index (χ0v) is 20.1. The zero-order chi connectivity index (χ0) is 24.8. The first kappa shape index (κ1) is 22.8. The molecule has 2 aliphatic heterocycles. The molecule has 6 rings (SSSR count). The molecular formula is C26H27FN6O3. The predicted molar refractivity (Wildman–Crippen MR) is 127 cm³/mol. The van der Waals surface area contributed by atoms with Crippen molar-refractivity contribution in [3.63, 3.8) is 0 Å². The molecule has 0 spiro atoms. The number of carbonyl (C=O) groups excluding carboxylic acids is 2. The summed E-state index contributed by atoms with van der Waals surface area (Å²) in [5.74, 6) is -0.324. The lowest BCUT2D eigenvalue weighted by molar-refractivity contribution is -0.134. The van der Waals surface area contributed by atoms with Gasteiger partial charge in [-0.25, -0.2) is 13.9 Å². The number of fused-ring (bicyclic) bond motifs is 2. The average molecular weight is 491 g/mol. The summed E-state index contributed by atoms with van der Waals surface area (Å²) in [6, 6.07) is 9.39. The fraction of sp³-hybridized carbons (Fsp3) is 0.423. The van der Waals surface area contributed by atoms with Crippen LogP contribution in [0.5, 0.6) is 0 Å². The third kappa shape index (κ3) is 3.95. The highest BCUT2D eigenvalue weighted by Gasteiger charge is 2.34. The van der Waals surface area contributed by atoms with E-state index in [2.05, 4.69) is 26.5 Å². The molecule has 36 heavy (non-hydrogen) atoms. The van der Waals surface area contributed by atoms with Gasteiger partial charge in [-0.15, -0.1) is 5.10 Å². The van der Waals surface area contributed by atoms with Crippen LogP contribution in [-0.4, -0.2) is 74.6 Å². The summed E-state index contributed by atoms with van der Waals surface area (Å²) < 4.78 is 22.0. The molecule has 9 nitrogen and oxygen atoms in total. The van der Waals surface area contributed by atoms with Gasteiger partial charge >= 0.3 is 5.97 Å². The maximum atomic E-state index is 15.3. The maximum Gasteiger partial charge on any atom is 0.338 e. The second-order valence-corrected chi connectivity index (χ2v) is 9.70. The lowest BCUT2D eigenvalue weighted by atomic mass is 9.95. The van der Waals surface area contributed by atoms with Crippen LogP contribution in [0, 0.1) is 6.92 Å². The van der Waals surface area contributed by atoms with E-state index in [0.717, 1.165) is 40.8 Å². The molecule has 0 bridgehead atoms. The Hall–Kier alpha value is -3.66. The fourth-order valence-corrected chi connectivity index (χ4v) is 5.69. The van der Waals surface area contributed by atoms with E-state index in [1.807, 2.05) is 24.0 Å². The van der Waals surface area contributed by atoms with Crippen molar-refractivity contribution in [1.29, 1.82) is 0 Å². The fourth-order valence-electron chi connectivity index (χ4n) is 5.69. The molecule has 1 saturated heterocycles. The maximum absolute atomic E-state index is 15.3. The molecule has 1 amide bonds. The molecule has 0 radical (unpaired) electrons. The van der Waals surface area contributed by atoms with Crippen molar-refractivity contribution in [2.24, 2.45) is 0 Å². The number of piperazine rings is 1. The molecule has 1 aliphatic carbocycles. The molecule has 2 unspecified atom stereocenters. The van der Waals surface area contributed by atoms with Crippen molar-refractivity contribution >= 4 is 11.9 Å². The zero-order valence-electron chi connectivity index (χ0n) is 20.1. The molecule has 1 aromatic heterocycles. The summed E-state index contributed by atoms with van der Waals surface area (Å²) in [4.78, 5) is 29.1.